The molecule has 0 spiro atoms. The van der Waals surface area contributed by atoms with Crippen LogP contribution in [0.15, 0.2) is 82.9 Å². The zero-order valence-electron chi connectivity index (χ0n) is 28.2. The minimum absolute atomic E-state index is 0.0207. The molecule has 0 radical (unpaired) electrons. The molecule has 0 aliphatic rings. The van der Waals surface area contributed by atoms with Crippen molar-refractivity contribution in [3.63, 3.8) is 0 Å². The number of hydrogen-bond acceptors (Lipinski definition) is 10. The van der Waals surface area contributed by atoms with Crippen LogP contribution < -0.4 is 16.0 Å². The van der Waals surface area contributed by atoms with Crippen molar-refractivity contribution in [2.75, 3.05) is 0 Å². The molecule has 0 fully saturated rings. The monoisotopic (exact) mass is 691 g/mol. The third-order valence-corrected chi connectivity index (χ3v) is 8.90. The van der Waals surface area contributed by atoms with E-state index in [9.17, 15) is 19.5 Å². The number of carbonyl (C=O) groups is 3. The van der Waals surface area contributed by atoms with E-state index in [0.717, 1.165) is 16.1 Å². The van der Waals surface area contributed by atoms with Crippen molar-refractivity contribution in [2.45, 2.75) is 90.3 Å². The summed E-state index contributed by atoms with van der Waals surface area (Å²) >= 11 is 1.51. The molecule has 12 nitrogen and oxygen atoms in total. The van der Waals surface area contributed by atoms with E-state index in [1.54, 1.807) is 0 Å². The first kappa shape index (κ1) is 37.1. The molecule has 4 N–H and O–H groups in total. The van der Waals surface area contributed by atoms with E-state index in [2.05, 4.69) is 25.9 Å². The van der Waals surface area contributed by atoms with E-state index in [1.807, 2.05) is 93.7 Å². The number of alkyl carbamates (subject to hydrolysis) is 2. The summed E-state index contributed by atoms with van der Waals surface area (Å²) in [5, 5.41) is 23.0. The van der Waals surface area contributed by atoms with Crippen LogP contribution in [0.5, 0.6) is 0 Å². The smallest absolute Gasteiger partial charge is 0.408 e. The Bertz CT molecular complexity index is 1580. The second kappa shape index (κ2) is 18.7. The fourth-order valence-corrected chi connectivity index (χ4v) is 5.95. The zero-order chi connectivity index (χ0) is 35.2. The van der Waals surface area contributed by atoms with E-state index in [4.69, 9.17) is 13.9 Å². The minimum atomic E-state index is -1.09. The van der Waals surface area contributed by atoms with Crippen LogP contribution in [0, 0.1) is 5.92 Å². The van der Waals surface area contributed by atoms with E-state index in [0.29, 0.717) is 18.5 Å². The fourth-order valence-electron chi connectivity index (χ4n) is 5.13. The Labute approximate surface area is 290 Å². The summed E-state index contributed by atoms with van der Waals surface area (Å²) in [6.07, 6.45) is 1.10. The first-order valence-corrected chi connectivity index (χ1v) is 17.2. The van der Waals surface area contributed by atoms with Crippen LogP contribution in [0.4, 0.5) is 9.59 Å². The summed E-state index contributed by atoms with van der Waals surface area (Å²) in [6, 6.07) is 16.7. The summed E-state index contributed by atoms with van der Waals surface area (Å²) in [5.41, 5.74) is 2.47. The molecule has 4 rings (SSSR count). The molecule has 262 valence electrons. The predicted molar refractivity (Wildman–Crippen MR) is 185 cm³/mol. The van der Waals surface area contributed by atoms with Crippen LogP contribution in [-0.4, -0.2) is 57.4 Å². The molecule has 0 aliphatic carbocycles. The fraction of sp³-hybridized carbons (Fsp3) is 0.417. The lowest BCUT2D eigenvalue weighted by Gasteiger charge is -2.30. The number of aliphatic hydroxyl groups is 1. The summed E-state index contributed by atoms with van der Waals surface area (Å²) < 4.78 is 15.8. The quantitative estimate of drug-likeness (QED) is 0.112. The molecule has 4 atom stereocenters. The first-order valence-electron chi connectivity index (χ1n) is 16.3. The van der Waals surface area contributed by atoms with Crippen molar-refractivity contribution < 1.29 is 33.4 Å². The second-order valence-electron chi connectivity index (χ2n) is 12.4. The third kappa shape index (κ3) is 12.3. The van der Waals surface area contributed by atoms with Crippen LogP contribution in [0.3, 0.4) is 0 Å². The lowest BCUT2D eigenvalue weighted by atomic mass is 9.93. The molecule has 0 bridgehead atoms. The Morgan fingerprint density at radius 1 is 0.857 bits per heavy atom. The molecule has 0 unspecified atom stereocenters. The summed E-state index contributed by atoms with van der Waals surface area (Å²) in [6.45, 7) is 7.53. The number of aromatic nitrogens is 2. The maximum atomic E-state index is 13.7. The lowest BCUT2D eigenvalue weighted by Crippen LogP contribution is -2.56. The van der Waals surface area contributed by atoms with Gasteiger partial charge < -0.3 is 34.9 Å². The Balaban J connectivity index is 1.44. The van der Waals surface area contributed by atoms with Gasteiger partial charge in [-0.2, -0.15) is 0 Å². The van der Waals surface area contributed by atoms with Crippen LogP contribution in [-0.2, 0) is 40.3 Å². The van der Waals surface area contributed by atoms with Crippen LogP contribution in [0.1, 0.15) is 67.8 Å². The summed E-state index contributed by atoms with van der Waals surface area (Å²) in [5.74, 6) is -0.245. The maximum absolute atomic E-state index is 13.7. The van der Waals surface area contributed by atoms with Crippen LogP contribution >= 0.6 is 11.3 Å². The van der Waals surface area contributed by atoms with Gasteiger partial charge in [0.2, 0.25) is 11.8 Å². The average molecular weight is 692 g/mol. The molecule has 2 heterocycles. The highest BCUT2D eigenvalue weighted by atomic mass is 32.1. The Morgan fingerprint density at radius 3 is 2.08 bits per heavy atom. The topological polar surface area (TPSA) is 165 Å². The number of hydrogen-bond donors (Lipinski definition) is 4. The molecule has 49 heavy (non-hydrogen) atoms. The van der Waals surface area contributed by atoms with Gasteiger partial charge in [0.1, 0.15) is 18.9 Å². The van der Waals surface area contributed by atoms with Crippen molar-refractivity contribution >= 4 is 29.4 Å². The van der Waals surface area contributed by atoms with Gasteiger partial charge in [-0.25, -0.2) is 19.6 Å². The van der Waals surface area contributed by atoms with Gasteiger partial charge >= 0.3 is 12.2 Å². The standard InChI is InChI=1S/C36H45N5O7S/c1-23(2)32(41-36(45)47-20-28-22-49-34(38-28)24(3)4)33(43)40-29(18-26-13-9-6-10-14-26)30(42)19-27(17-25-11-7-5-8-12-25)39-35(44)48-21-31-37-15-16-46-31/h5-16,22-24,27,29-30,32,42H,17-21H2,1-4H3,(H,39,44)(H,40,43)(H,41,45)/t27-,29-,30-,32-/m0/s1. The SMILES string of the molecule is CC(C)c1nc(COC(=O)N[C@H](C(=O)N[C@@H](Cc2ccccc2)[C@@H](O)C[C@H](Cc2ccccc2)NC(=O)OCc2ncco2)C(C)C)cs1. The molecule has 0 saturated heterocycles. The highest BCUT2D eigenvalue weighted by Crippen LogP contribution is 2.20. The predicted octanol–water partition coefficient (Wildman–Crippen LogP) is 5.52. The molecular formula is C36H45N5O7S. The van der Waals surface area contributed by atoms with Gasteiger partial charge in [0.25, 0.3) is 0 Å². The van der Waals surface area contributed by atoms with E-state index in [1.165, 1.54) is 23.8 Å². The number of rotatable bonds is 17. The average Bonchev–Trinajstić information content (AvgIpc) is 3.79. The number of nitrogens with one attached hydrogen (secondary N) is 3. The summed E-state index contributed by atoms with van der Waals surface area (Å²) in [7, 11) is 0. The van der Waals surface area contributed by atoms with Gasteiger partial charge in [-0.05, 0) is 36.3 Å². The van der Waals surface area contributed by atoms with Crippen molar-refractivity contribution in [1.29, 1.82) is 0 Å². The minimum Gasteiger partial charge on any atom is -0.446 e. The van der Waals surface area contributed by atoms with Gasteiger partial charge in [-0.3, -0.25) is 4.79 Å². The van der Waals surface area contributed by atoms with Crippen molar-refractivity contribution in [2.24, 2.45) is 5.92 Å². The number of amides is 3. The number of oxazole rings is 1. The van der Waals surface area contributed by atoms with E-state index in [-0.39, 0.29) is 37.4 Å². The number of carbonyl (C=O) groups excluding carboxylic acids is 3. The first-order chi connectivity index (χ1) is 23.6. The Kier molecular flexibility index (Phi) is 14.2. The Hall–Kier alpha value is -4.75. The van der Waals surface area contributed by atoms with Crippen molar-refractivity contribution in [1.82, 2.24) is 25.9 Å². The Morgan fingerprint density at radius 2 is 1.49 bits per heavy atom. The van der Waals surface area contributed by atoms with Crippen molar-refractivity contribution in [3.05, 3.63) is 106 Å². The van der Waals surface area contributed by atoms with E-state index < -0.39 is 42.3 Å². The molecule has 3 amide bonds. The second-order valence-corrected chi connectivity index (χ2v) is 13.3. The van der Waals surface area contributed by atoms with Gasteiger partial charge in [-0.1, -0.05) is 88.4 Å². The third-order valence-electron chi connectivity index (χ3n) is 7.71. The highest BCUT2D eigenvalue weighted by molar-refractivity contribution is 7.09. The van der Waals surface area contributed by atoms with E-state index >= 15 is 0 Å². The number of ether oxygens (including phenoxy) is 2. The van der Waals surface area contributed by atoms with Gasteiger partial charge in [0.15, 0.2) is 6.61 Å². The number of aliphatic hydroxyl groups excluding tert-OH is 1. The summed E-state index contributed by atoms with van der Waals surface area (Å²) in [4.78, 5) is 47.7. The van der Waals surface area contributed by atoms with Gasteiger partial charge in [0.05, 0.1) is 29.0 Å². The van der Waals surface area contributed by atoms with Crippen LogP contribution in [0.2, 0.25) is 0 Å². The van der Waals surface area contributed by atoms with Crippen molar-refractivity contribution in [3.8, 4) is 0 Å². The molecular weight excluding hydrogens is 646 g/mol. The number of benzene rings is 2. The molecule has 2 aromatic heterocycles. The molecule has 0 saturated carbocycles. The zero-order valence-corrected chi connectivity index (χ0v) is 29.0. The maximum Gasteiger partial charge on any atom is 0.408 e. The molecule has 2 aromatic carbocycles. The molecule has 13 heteroatoms. The number of thiazole rings is 1. The van der Waals surface area contributed by atoms with Gasteiger partial charge in [0, 0.05) is 17.3 Å². The highest BCUT2D eigenvalue weighted by Gasteiger charge is 2.31. The number of nitrogens with zero attached hydrogens (tertiary/aromatic N) is 2. The molecule has 4 aromatic rings. The van der Waals surface area contributed by atoms with Gasteiger partial charge in [-0.15, -0.1) is 11.3 Å². The van der Waals surface area contributed by atoms with Crippen LogP contribution in [0.25, 0.3) is 0 Å². The normalized spacial score (nSPS) is 13.7. The lowest BCUT2D eigenvalue weighted by molar-refractivity contribution is -0.125. The molecule has 0 aliphatic heterocycles. The largest absolute Gasteiger partial charge is 0.446 e.